The Morgan fingerprint density at radius 3 is 2.17 bits per heavy atom. The first-order valence-electron chi connectivity index (χ1n) is 7.71. The zero-order chi connectivity index (χ0) is 17.0. The summed E-state index contributed by atoms with van der Waals surface area (Å²) in [5.41, 5.74) is 2.24. The molecule has 0 aliphatic rings. The lowest BCUT2D eigenvalue weighted by Gasteiger charge is -2.13. The average molecular weight is 320 g/mol. The van der Waals surface area contributed by atoms with Crippen molar-refractivity contribution in [3.63, 3.8) is 0 Å². The number of aryl methyl sites for hydroxylation is 1. The van der Waals surface area contributed by atoms with Gasteiger partial charge in [0.2, 0.25) is 0 Å². The molecule has 0 aromatic heterocycles. The van der Waals surface area contributed by atoms with E-state index in [1.165, 1.54) is 12.1 Å². The maximum Gasteiger partial charge on any atom is 0.416 e. The number of carbonyl (C=O) groups is 1. The van der Waals surface area contributed by atoms with E-state index in [2.05, 4.69) is 0 Å². The SMILES string of the molecule is CCCc1c(CC)cccc1C(=O)c1ccc(C(F)(F)F)cc1. The monoisotopic (exact) mass is 320 g/mol. The fraction of sp³-hybridized carbons (Fsp3) is 0.316. The molecule has 0 saturated carbocycles. The lowest BCUT2D eigenvalue weighted by atomic mass is 9.91. The van der Waals surface area contributed by atoms with Crippen LogP contribution in [0.1, 0.15) is 52.9 Å². The Bertz CT molecular complexity index is 685. The van der Waals surface area contributed by atoms with Crippen LogP contribution in [-0.2, 0) is 19.0 Å². The number of halogens is 3. The van der Waals surface area contributed by atoms with Crippen molar-refractivity contribution in [1.82, 2.24) is 0 Å². The molecule has 4 heteroatoms. The summed E-state index contributed by atoms with van der Waals surface area (Å²) in [5, 5.41) is 0. The van der Waals surface area contributed by atoms with Crippen molar-refractivity contribution in [1.29, 1.82) is 0 Å². The summed E-state index contributed by atoms with van der Waals surface area (Å²) in [6, 6.07) is 9.99. The second-order valence-electron chi connectivity index (χ2n) is 5.45. The topological polar surface area (TPSA) is 17.1 Å². The summed E-state index contributed by atoms with van der Waals surface area (Å²) < 4.78 is 37.9. The molecule has 0 aliphatic heterocycles. The van der Waals surface area contributed by atoms with Gasteiger partial charge in [-0.05, 0) is 36.1 Å². The molecule has 0 amide bonds. The van der Waals surface area contributed by atoms with Crippen LogP contribution < -0.4 is 0 Å². The summed E-state index contributed by atoms with van der Waals surface area (Å²) >= 11 is 0. The van der Waals surface area contributed by atoms with Gasteiger partial charge in [0.15, 0.2) is 5.78 Å². The number of rotatable bonds is 5. The Morgan fingerprint density at radius 2 is 1.65 bits per heavy atom. The van der Waals surface area contributed by atoms with Crippen LogP contribution >= 0.6 is 0 Å². The number of hydrogen-bond donors (Lipinski definition) is 0. The van der Waals surface area contributed by atoms with Crippen LogP contribution in [0.5, 0.6) is 0 Å². The lowest BCUT2D eigenvalue weighted by Crippen LogP contribution is -2.09. The summed E-state index contributed by atoms with van der Waals surface area (Å²) in [6.45, 7) is 4.07. The Labute approximate surface area is 134 Å². The molecule has 0 spiro atoms. The maximum absolute atomic E-state index is 12.7. The van der Waals surface area contributed by atoms with Crippen LogP contribution in [0.4, 0.5) is 13.2 Å². The highest BCUT2D eigenvalue weighted by Gasteiger charge is 2.30. The number of benzene rings is 2. The molecule has 1 nitrogen and oxygen atoms in total. The minimum Gasteiger partial charge on any atom is -0.289 e. The molecule has 0 saturated heterocycles. The second kappa shape index (κ2) is 6.99. The van der Waals surface area contributed by atoms with Gasteiger partial charge in [-0.1, -0.05) is 50.6 Å². The Morgan fingerprint density at radius 1 is 1.00 bits per heavy atom. The quantitative estimate of drug-likeness (QED) is 0.669. The second-order valence-corrected chi connectivity index (χ2v) is 5.45. The van der Waals surface area contributed by atoms with Gasteiger partial charge in [0.05, 0.1) is 5.56 Å². The minimum atomic E-state index is -4.39. The maximum atomic E-state index is 12.7. The van der Waals surface area contributed by atoms with Gasteiger partial charge in [0.1, 0.15) is 0 Å². The first-order valence-corrected chi connectivity index (χ1v) is 7.71. The van der Waals surface area contributed by atoms with E-state index in [9.17, 15) is 18.0 Å². The molecule has 0 heterocycles. The third-order valence-electron chi connectivity index (χ3n) is 3.87. The van der Waals surface area contributed by atoms with E-state index in [1.54, 1.807) is 6.07 Å². The number of ketones is 1. The van der Waals surface area contributed by atoms with E-state index in [0.29, 0.717) is 5.56 Å². The Balaban J connectivity index is 2.41. The number of hydrogen-bond acceptors (Lipinski definition) is 1. The summed E-state index contributed by atoms with van der Waals surface area (Å²) in [4.78, 5) is 12.7. The third-order valence-corrected chi connectivity index (χ3v) is 3.87. The predicted molar refractivity (Wildman–Crippen MR) is 84.7 cm³/mol. The van der Waals surface area contributed by atoms with Crippen LogP contribution in [0.25, 0.3) is 0 Å². The van der Waals surface area contributed by atoms with E-state index in [4.69, 9.17) is 0 Å². The molecular formula is C19H19F3O. The van der Waals surface area contributed by atoms with Crippen molar-refractivity contribution in [3.8, 4) is 0 Å². The normalized spacial score (nSPS) is 11.5. The van der Waals surface area contributed by atoms with Crippen molar-refractivity contribution in [2.24, 2.45) is 0 Å². The van der Waals surface area contributed by atoms with Crippen LogP contribution in [-0.4, -0.2) is 5.78 Å². The van der Waals surface area contributed by atoms with E-state index in [0.717, 1.165) is 42.5 Å². The largest absolute Gasteiger partial charge is 0.416 e. The van der Waals surface area contributed by atoms with E-state index in [-0.39, 0.29) is 11.3 Å². The highest BCUT2D eigenvalue weighted by molar-refractivity contribution is 6.10. The number of carbonyl (C=O) groups excluding carboxylic acids is 1. The van der Waals surface area contributed by atoms with E-state index in [1.807, 2.05) is 26.0 Å². The third kappa shape index (κ3) is 3.81. The van der Waals surface area contributed by atoms with Crippen molar-refractivity contribution in [2.75, 3.05) is 0 Å². The standard InChI is InChI=1S/C19H19F3O/c1-3-6-16-13(4-2)7-5-8-17(16)18(23)14-9-11-15(12-10-14)19(20,21)22/h5,7-12H,3-4,6H2,1-2H3. The molecular weight excluding hydrogens is 301 g/mol. The van der Waals surface area contributed by atoms with Crippen LogP contribution in [0.3, 0.4) is 0 Å². The fourth-order valence-electron chi connectivity index (χ4n) is 2.69. The number of alkyl halides is 3. The van der Waals surface area contributed by atoms with Crippen molar-refractivity contribution in [3.05, 3.63) is 70.3 Å². The molecule has 0 fully saturated rings. The summed E-state index contributed by atoms with van der Waals surface area (Å²) in [5.74, 6) is -0.225. The molecule has 2 aromatic carbocycles. The zero-order valence-corrected chi connectivity index (χ0v) is 13.2. The molecule has 0 unspecified atom stereocenters. The Hall–Kier alpha value is -2.10. The van der Waals surface area contributed by atoms with Crippen LogP contribution in [0.15, 0.2) is 42.5 Å². The van der Waals surface area contributed by atoms with Gasteiger partial charge in [0.25, 0.3) is 0 Å². The summed E-state index contributed by atoms with van der Waals surface area (Å²) in [6.07, 6.45) is -1.88. The molecule has 2 rings (SSSR count). The molecule has 122 valence electrons. The first kappa shape index (κ1) is 17.3. The molecule has 0 N–H and O–H groups in total. The fourth-order valence-corrected chi connectivity index (χ4v) is 2.69. The average Bonchev–Trinajstić information content (AvgIpc) is 2.54. The highest BCUT2D eigenvalue weighted by atomic mass is 19.4. The van der Waals surface area contributed by atoms with Gasteiger partial charge in [0, 0.05) is 11.1 Å². The van der Waals surface area contributed by atoms with Gasteiger partial charge in [-0.2, -0.15) is 13.2 Å². The molecule has 2 aromatic rings. The van der Waals surface area contributed by atoms with Gasteiger partial charge < -0.3 is 0 Å². The molecule has 0 aliphatic carbocycles. The van der Waals surface area contributed by atoms with E-state index >= 15 is 0 Å². The van der Waals surface area contributed by atoms with Crippen LogP contribution in [0.2, 0.25) is 0 Å². The van der Waals surface area contributed by atoms with Crippen molar-refractivity contribution < 1.29 is 18.0 Å². The highest BCUT2D eigenvalue weighted by Crippen LogP contribution is 2.29. The molecule has 0 atom stereocenters. The minimum absolute atomic E-state index is 0.225. The molecule has 0 bridgehead atoms. The zero-order valence-electron chi connectivity index (χ0n) is 13.2. The van der Waals surface area contributed by atoms with Gasteiger partial charge in [-0.25, -0.2) is 0 Å². The molecule has 23 heavy (non-hydrogen) atoms. The summed E-state index contributed by atoms with van der Waals surface area (Å²) in [7, 11) is 0. The van der Waals surface area contributed by atoms with Gasteiger partial charge >= 0.3 is 6.18 Å². The molecule has 0 radical (unpaired) electrons. The Kier molecular flexibility index (Phi) is 5.24. The van der Waals surface area contributed by atoms with Crippen LogP contribution in [0, 0.1) is 0 Å². The van der Waals surface area contributed by atoms with Gasteiger partial charge in [-0.15, -0.1) is 0 Å². The van der Waals surface area contributed by atoms with E-state index < -0.39 is 11.7 Å². The predicted octanol–water partition coefficient (Wildman–Crippen LogP) is 5.45. The first-order chi connectivity index (χ1) is 10.9. The lowest BCUT2D eigenvalue weighted by molar-refractivity contribution is -0.137. The smallest absolute Gasteiger partial charge is 0.289 e. The van der Waals surface area contributed by atoms with Crippen molar-refractivity contribution >= 4 is 5.78 Å². The van der Waals surface area contributed by atoms with Crippen molar-refractivity contribution in [2.45, 2.75) is 39.3 Å². The van der Waals surface area contributed by atoms with Gasteiger partial charge in [-0.3, -0.25) is 4.79 Å².